The van der Waals surface area contributed by atoms with Gasteiger partial charge in [0.05, 0.1) is 65.3 Å². The van der Waals surface area contributed by atoms with Crippen molar-refractivity contribution >= 4 is 50.4 Å². The lowest BCUT2D eigenvalue weighted by molar-refractivity contribution is -0.139. The average Bonchev–Trinajstić information content (AvgIpc) is 3.97. The molecule has 1 saturated heterocycles. The highest BCUT2D eigenvalue weighted by atomic mass is 16.5. The number of aliphatic hydroxyl groups excluding tert-OH is 2. The molecule has 2 amide bonds. The molecular formula is C69H72N10O7. The molecule has 86 heavy (non-hydrogen) atoms. The maximum absolute atomic E-state index is 14.7. The summed E-state index contributed by atoms with van der Waals surface area (Å²) < 4.78 is 15.0. The normalized spacial score (nSPS) is 15.9. The van der Waals surface area contributed by atoms with Crippen LogP contribution in [-0.2, 0) is 43.8 Å². The number of urea groups is 1. The van der Waals surface area contributed by atoms with E-state index in [1.165, 1.54) is 5.56 Å². The maximum Gasteiger partial charge on any atom is 0.341 e. The Morgan fingerprint density at radius 2 is 1.02 bits per heavy atom. The van der Waals surface area contributed by atoms with Crippen molar-refractivity contribution in [3.05, 3.63) is 252 Å². The second kappa shape index (κ2) is 28.6. The first-order valence-corrected chi connectivity index (χ1v) is 28.8. The molecule has 440 valence electrons. The molecule has 11 aromatic rings. The number of hydrogen-bond acceptors (Lipinski definition) is 11. The molecule has 1 fully saturated rings. The monoisotopic (exact) mass is 1150 g/mol. The fraction of sp³-hybridized carbons (Fsp3) is 0.232. The van der Waals surface area contributed by atoms with Gasteiger partial charge in [-0.25, -0.2) is 9.59 Å². The zero-order chi connectivity index (χ0) is 59.8. The minimum Gasteiger partial charge on any atom is -0.479 e. The minimum atomic E-state index is -1.19. The van der Waals surface area contributed by atoms with Gasteiger partial charge >= 0.3 is 12.0 Å². The van der Waals surface area contributed by atoms with Gasteiger partial charge in [0.15, 0.2) is 6.61 Å². The van der Waals surface area contributed by atoms with Gasteiger partial charge in [0.25, 0.3) is 0 Å². The van der Waals surface area contributed by atoms with E-state index in [2.05, 4.69) is 75.8 Å². The Balaban J connectivity index is 0.000000157. The number of nitrogens with two attached hydrogens (primary N) is 1. The fourth-order valence-corrected chi connectivity index (χ4v) is 10.8. The Hall–Kier alpha value is -9.81. The number of nitrogens with zero attached hydrogens (tertiary/aromatic N) is 8. The van der Waals surface area contributed by atoms with Crippen LogP contribution in [-0.4, -0.2) is 130 Å². The van der Waals surface area contributed by atoms with E-state index in [0.29, 0.717) is 37.6 Å². The largest absolute Gasteiger partial charge is 0.479 e. The lowest BCUT2D eigenvalue weighted by Crippen LogP contribution is -2.50. The van der Waals surface area contributed by atoms with Crippen LogP contribution in [0.3, 0.4) is 0 Å². The number of carboxylic acid groups (broad SMARTS) is 1. The molecule has 0 spiro atoms. The smallest absolute Gasteiger partial charge is 0.341 e. The summed E-state index contributed by atoms with van der Waals surface area (Å²) in [5, 5.41) is 51.4. The second-order valence-electron chi connectivity index (χ2n) is 21.7. The van der Waals surface area contributed by atoms with Crippen LogP contribution in [0.5, 0.6) is 11.8 Å². The first-order valence-electron chi connectivity index (χ1n) is 28.8. The molecule has 0 aliphatic carbocycles. The van der Waals surface area contributed by atoms with Crippen LogP contribution < -0.4 is 15.2 Å². The van der Waals surface area contributed by atoms with E-state index in [1.807, 2.05) is 185 Å². The van der Waals surface area contributed by atoms with Crippen LogP contribution in [0.4, 0.5) is 10.5 Å². The summed E-state index contributed by atoms with van der Waals surface area (Å²) in [5.74, 6) is 0.0657. The number of nitrogens with one attached hydrogen (secondary N) is 1. The summed E-state index contributed by atoms with van der Waals surface area (Å²) >= 11 is 0. The van der Waals surface area contributed by atoms with Crippen molar-refractivity contribution in [2.24, 2.45) is 0 Å². The molecule has 4 heterocycles. The van der Waals surface area contributed by atoms with E-state index in [9.17, 15) is 19.8 Å². The first-order chi connectivity index (χ1) is 41.9. The van der Waals surface area contributed by atoms with E-state index in [0.717, 1.165) is 85.9 Å². The van der Waals surface area contributed by atoms with E-state index in [-0.39, 0.29) is 19.1 Å². The molecule has 17 nitrogen and oxygen atoms in total. The Kier molecular flexibility index (Phi) is 19.8. The number of hydrogen-bond donors (Lipinski definition) is 5. The number of benzene rings is 8. The van der Waals surface area contributed by atoms with Crippen molar-refractivity contribution in [3.8, 4) is 11.8 Å². The number of carboxylic acids is 1. The topological polar surface area (TPSA) is 213 Å². The van der Waals surface area contributed by atoms with Crippen molar-refractivity contribution < 1.29 is 34.4 Å². The van der Waals surface area contributed by atoms with Gasteiger partial charge in [-0.1, -0.05) is 164 Å². The molecule has 3 aromatic heterocycles. The summed E-state index contributed by atoms with van der Waals surface area (Å²) in [5.41, 5.74) is 15.7. The van der Waals surface area contributed by atoms with E-state index >= 15 is 0 Å². The Bertz CT molecular complexity index is 3930. The van der Waals surface area contributed by atoms with Crippen molar-refractivity contribution in [3.63, 3.8) is 0 Å². The predicted molar refractivity (Wildman–Crippen MR) is 336 cm³/mol. The van der Waals surface area contributed by atoms with Gasteiger partial charge in [0.2, 0.25) is 11.8 Å². The van der Waals surface area contributed by atoms with Gasteiger partial charge in [0.1, 0.15) is 12.2 Å². The lowest BCUT2D eigenvalue weighted by atomic mass is 9.91. The number of carbonyl (C=O) groups excluding carboxylic acids is 1. The molecule has 4 atom stereocenters. The molecular weight excluding hydrogens is 1080 g/mol. The highest BCUT2D eigenvalue weighted by Crippen LogP contribution is 2.32. The highest BCUT2D eigenvalue weighted by molar-refractivity contribution is 5.86. The molecule has 8 aromatic carbocycles. The standard InChI is InChI=1S/C34H35N5O3.C19H23N3O.C16H14N2O3/c35-28-13-7-12-25(17-28)21-38-30(18-23-8-3-1-4-9-23)32(40)33(41)31(19-24-10-5-2-6-11-24)39(34(38)42)22-26-14-15-29-27(16-26)20-36-37-29;1-21(2)13-8-14-23-19-17-11-6-7-12-18(17)22(20-19)15-16-9-4-3-5-10-16;19-15(20)11-21-16-13-8-4-5-9-14(13)18(17-16)10-12-6-2-1-3-7-12/h1-17,20,30-33,40-41H,18-19,21-22,35H2,(H,36,37);3-7,9-12H,8,13-15H2,1-2H3;1-9H,10-11H2,(H,19,20)/t30-,31-,32+,33+;;/m1../s1. The van der Waals surface area contributed by atoms with Crippen molar-refractivity contribution in [1.29, 1.82) is 0 Å². The van der Waals surface area contributed by atoms with Gasteiger partial charge in [-0.05, 0) is 115 Å². The fourth-order valence-electron chi connectivity index (χ4n) is 10.8. The molecule has 1 aliphatic heterocycles. The summed E-state index contributed by atoms with van der Waals surface area (Å²) in [4.78, 5) is 31.0. The third-order valence-electron chi connectivity index (χ3n) is 15.1. The highest BCUT2D eigenvalue weighted by Gasteiger charge is 2.46. The minimum absolute atomic E-state index is 0.237. The SMILES string of the molecule is CN(C)CCCOc1nn(Cc2ccccc2)c2ccccc12.Nc1cccc(CN2C(=O)N(Cc3ccc4[nH]ncc4c3)[C@H](Cc3ccccc3)[C@H](O)[C@@H](O)[C@H]2Cc2ccccc2)c1.O=C(O)COc1nn(Cc2ccccc2)c2ccccc12. The van der Waals surface area contributed by atoms with Crippen LogP contribution in [0.15, 0.2) is 219 Å². The van der Waals surface area contributed by atoms with Gasteiger partial charge < -0.3 is 45.2 Å². The number of rotatable bonds is 20. The number of carbonyl (C=O) groups is 2. The van der Waals surface area contributed by atoms with Gasteiger partial charge in [0, 0.05) is 30.7 Å². The van der Waals surface area contributed by atoms with E-state index < -0.39 is 36.9 Å². The van der Waals surface area contributed by atoms with Crippen LogP contribution in [0, 0.1) is 0 Å². The van der Waals surface area contributed by atoms with Crippen molar-refractivity contribution in [1.82, 2.24) is 44.5 Å². The Labute approximate surface area is 500 Å². The summed E-state index contributed by atoms with van der Waals surface area (Å²) in [6, 6.07) is 67.5. The zero-order valence-corrected chi connectivity index (χ0v) is 48.3. The number of nitrogen functional groups attached to an aromatic ring is 1. The molecule has 6 N–H and O–H groups in total. The first kappa shape index (κ1) is 59.4. The molecule has 17 heteroatoms. The summed E-state index contributed by atoms with van der Waals surface area (Å²) in [7, 11) is 4.15. The van der Waals surface area contributed by atoms with Gasteiger partial charge in [-0.2, -0.15) is 5.10 Å². The molecule has 12 rings (SSSR count). The van der Waals surface area contributed by atoms with Crippen LogP contribution in [0.25, 0.3) is 32.7 Å². The van der Waals surface area contributed by atoms with Crippen molar-refractivity contribution in [2.75, 3.05) is 39.6 Å². The quantitative estimate of drug-likeness (QED) is 0.0356. The molecule has 1 aliphatic rings. The number of ether oxygens (including phenoxy) is 2. The number of aromatic nitrogens is 6. The predicted octanol–water partition coefficient (Wildman–Crippen LogP) is 10.5. The van der Waals surface area contributed by atoms with Gasteiger partial charge in [-0.15, -0.1) is 10.2 Å². The number of aromatic amines is 1. The average molecular weight is 1150 g/mol. The molecule has 0 unspecified atom stereocenters. The number of aliphatic carboxylic acids is 1. The number of aliphatic hydroxyl groups is 2. The third kappa shape index (κ3) is 15.3. The maximum atomic E-state index is 14.7. The zero-order valence-electron chi connectivity index (χ0n) is 48.3. The number of anilines is 1. The van der Waals surface area contributed by atoms with Crippen LogP contribution >= 0.6 is 0 Å². The lowest BCUT2D eigenvalue weighted by Gasteiger charge is -2.36. The number of para-hydroxylation sites is 2. The Morgan fingerprint density at radius 3 is 1.52 bits per heavy atom. The van der Waals surface area contributed by atoms with Crippen LogP contribution in [0.1, 0.15) is 39.8 Å². The van der Waals surface area contributed by atoms with Crippen molar-refractivity contribution in [2.45, 2.75) is 69.7 Å². The number of H-pyrrole nitrogens is 1. The Morgan fingerprint density at radius 1 is 0.558 bits per heavy atom. The van der Waals surface area contributed by atoms with Gasteiger partial charge in [-0.3, -0.25) is 14.5 Å². The van der Waals surface area contributed by atoms with E-state index in [1.54, 1.807) is 16.0 Å². The number of amides is 2. The second-order valence-corrected chi connectivity index (χ2v) is 21.7. The third-order valence-corrected chi connectivity index (χ3v) is 15.1. The van der Waals surface area contributed by atoms with Crippen LogP contribution in [0.2, 0.25) is 0 Å². The molecule has 0 radical (unpaired) electrons. The summed E-state index contributed by atoms with van der Waals surface area (Å²) in [6.45, 7) is 3.16. The molecule has 0 saturated carbocycles. The summed E-state index contributed by atoms with van der Waals surface area (Å²) in [6.07, 6.45) is 1.15. The molecule has 0 bridgehead atoms. The number of fused-ring (bicyclic) bond motifs is 3. The van der Waals surface area contributed by atoms with E-state index in [4.69, 9.17) is 20.3 Å².